The summed E-state index contributed by atoms with van der Waals surface area (Å²) in [5.74, 6) is 1.13. The third kappa shape index (κ3) is 2.61. The van der Waals surface area contributed by atoms with E-state index in [1.54, 1.807) is 13.2 Å². The van der Waals surface area contributed by atoms with Crippen LogP contribution in [-0.2, 0) is 0 Å². The van der Waals surface area contributed by atoms with Crippen molar-refractivity contribution in [2.75, 3.05) is 7.11 Å². The normalized spacial score (nSPS) is 10.9. The first-order valence-electron chi connectivity index (χ1n) is 5.41. The number of halogens is 1. The zero-order chi connectivity index (χ0) is 12.4. The van der Waals surface area contributed by atoms with E-state index >= 15 is 0 Å². The Kier molecular flexibility index (Phi) is 3.38. The number of hydrogen-bond acceptors (Lipinski definition) is 3. The van der Waals surface area contributed by atoms with Gasteiger partial charge in [-0.2, -0.15) is 0 Å². The average Bonchev–Trinajstić information content (AvgIpc) is 2.27. The van der Waals surface area contributed by atoms with E-state index in [1.165, 1.54) is 0 Å². The molecule has 0 bridgehead atoms. The Hall–Kier alpha value is -1.48. The van der Waals surface area contributed by atoms with Gasteiger partial charge in [-0.1, -0.05) is 11.6 Å². The SMILES string of the molecule is COc1nc2ccc(Cl)cc2cc1OC(C)C. The number of fused-ring (bicyclic) bond motifs is 1. The van der Waals surface area contributed by atoms with Gasteiger partial charge < -0.3 is 9.47 Å². The highest BCUT2D eigenvalue weighted by Crippen LogP contribution is 2.30. The summed E-state index contributed by atoms with van der Waals surface area (Å²) >= 11 is 5.95. The first-order valence-corrected chi connectivity index (χ1v) is 5.79. The van der Waals surface area contributed by atoms with Gasteiger partial charge in [-0.05, 0) is 38.1 Å². The fraction of sp³-hybridized carbons (Fsp3) is 0.308. The van der Waals surface area contributed by atoms with Gasteiger partial charge in [0.2, 0.25) is 0 Å². The van der Waals surface area contributed by atoms with Crippen molar-refractivity contribution in [3.8, 4) is 11.6 Å². The summed E-state index contributed by atoms with van der Waals surface area (Å²) in [6.07, 6.45) is 0.0716. The van der Waals surface area contributed by atoms with E-state index in [9.17, 15) is 0 Å². The summed E-state index contributed by atoms with van der Waals surface area (Å²) in [5, 5.41) is 1.62. The van der Waals surface area contributed by atoms with E-state index < -0.39 is 0 Å². The predicted molar refractivity (Wildman–Crippen MR) is 69.1 cm³/mol. The van der Waals surface area contributed by atoms with E-state index in [0.29, 0.717) is 16.7 Å². The Morgan fingerprint density at radius 2 is 2.00 bits per heavy atom. The van der Waals surface area contributed by atoms with Gasteiger partial charge in [-0.25, -0.2) is 4.98 Å². The summed E-state index contributed by atoms with van der Waals surface area (Å²) in [5.41, 5.74) is 0.836. The second-order valence-corrected chi connectivity index (χ2v) is 4.44. The molecule has 0 unspecified atom stereocenters. The van der Waals surface area contributed by atoms with Crippen LogP contribution in [0.2, 0.25) is 5.02 Å². The van der Waals surface area contributed by atoms with Gasteiger partial charge in [-0.15, -0.1) is 0 Å². The highest BCUT2D eigenvalue weighted by atomic mass is 35.5. The second-order valence-electron chi connectivity index (χ2n) is 4.00. The minimum absolute atomic E-state index is 0.0716. The molecule has 0 saturated heterocycles. The Morgan fingerprint density at radius 1 is 1.24 bits per heavy atom. The molecule has 0 radical (unpaired) electrons. The van der Waals surface area contributed by atoms with Crippen LogP contribution in [-0.4, -0.2) is 18.2 Å². The molecule has 1 heterocycles. The van der Waals surface area contributed by atoms with Gasteiger partial charge in [0.05, 0.1) is 18.7 Å². The molecule has 0 N–H and O–H groups in total. The van der Waals surface area contributed by atoms with Crippen molar-refractivity contribution >= 4 is 22.5 Å². The van der Waals surface area contributed by atoms with Crippen molar-refractivity contribution in [1.29, 1.82) is 0 Å². The van der Waals surface area contributed by atoms with E-state index in [0.717, 1.165) is 10.9 Å². The number of rotatable bonds is 3. The standard InChI is InChI=1S/C13H14ClNO2/c1-8(2)17-12-7-9-6-10(14)4-5-11(9)15-13(12)16-3/h4-8H,1-3H3. The zero-order valence-corrected chi connectivity index (χ0v) is 10.8. The van der Waals surface area contributed by atoms with Crippen molar-refractivity contribution in [2.24, 2.45) is 0 Å². The third-order valence-corrected chi connectivity index (χ3v) is 2.50. The Balaban J connectivity index is 2.57. The van der Waals surface area contributed by atoms with Crippen LogP contribution in [0.4, 0.5) is 0 Å². The first kappa shape index (κ1) is 12.0. The van der Waals surface area contributed by atoms with Crippen molar-refractivity contribution < 1.29 is 9.47 Å². The van der Waals surface area contributed by atoms with Crippen LogP contribution in [0, 0.1) is 0 Å². The van der Waals surface area contributed by atoms with E-state index in [4.69, 9.17) is 21.1 Å². The molecule has 0 fully saturated rings. The van der Waals surface area contributed by atoms with Gasteiger partial charge >= 0.3 is 0 Å². The molecule has 2 aromatic rings. The largest absolute Gasteiger partial charge is 0.485 e. The van der Waals surface area contributed by atoms with Crippen LogP contribution in [0.5, 0.6) is 11.6 Å². The predicted octanol–water partition coefficient (Wildman–Crippen LogP) is 3.68. The van der Waals surface area contributed by atoms with E-state index in [2.05, 4.69) is 4.98 Å². The number of ether oxygens (including phenoxy) is 2. The minimum Gasteiger partial charge on any atom is -0.485 e. The molecule has 0 amide bonds. The van der Waals surface area contributed by atoms with Crippen LogP contribution in [0.15, 0.2) is 24.3 Å². The van der Waals surface area contributed by atoms with Crippen molar-refractivity contribution in [3.63, 3.8) is 0 Å². The Bertz CT molecular complexity index is 540. The zero-order valence-electron chi connectivity index (χ0n) is 10.0. The molecule has 2 rings (SSSR count). The Labute approximate surface area is 105 Å². The molecule has 3 nitrogen and oxygen atoms in total. The monoisotopic (exact) mass is 251 g/mol. The molecule has 0 atom stereocenters. The van der Waals surface area contributed by atoms with Crippen LogP contribution in [0.25, 0.3) is 10.9 Å². The molecular weight excluding hydrogens is 238 g/mol. The summed E-state index contributed by atoms with van der Waals surface area (Å²) in [6.45, 7) is 3.92. The molecule has 0 aliphatic rings. The molecular formula is C13H14ClNO2. The highest BCUT2D eigenvalue weighted by Gasteiger charge is 2.10. The summed E-state index contributed by atoms with van der Waals surface area (Å²) < 4.78 is 10.9. The maximum atomic E-state index is 5.95. The van der Waals surface area contributed by atoms with Gasteiger partial charge in [-0.3, -0.25) is 0 Å². The quantitative estimate of drug-likeness (QED) is 0.834. The van der Waals surface area contributed by atoms with Gasteiger partial charge in [0.15, 0.2) is 5.75 Å². The minimum atomic E-state index is 0.0716. The first-order chi connectivity index (χ1) is 8.10. The number of benzene rings is 1. The van der Waals surface area contributed by atoms with Crippen LogP contribution >= 0.6 is 11.6 Å². The fourth-order valence-electron chi connectivity index (χ4n) is 1.59. The molecule has 0 aliphatic heterocycles. The lowest BCUT2D eigenvalue weighted by Gasteiger charge is -2.13. The number of hydrogen-bond donors (Lipinski definition) is 0. The summed E-state index contributed by atoms with van der Waals surface area (Å²) in [6, 6.07) is 7.42. The van der Waals surface area contributed by atoms with E-state index in [1.807, 2.05) is 32.0 Å². The maximum absolute atomic E-state index is 5.95. The van der Waals surface area contributed by atoms with E-state index in [-0.39, 0.29) is 6.10 Å². The molecule has 0 aliphatic carbocycles. The Morgan fingerprint density at radius 3 is 2.65 bits per heavy atom. The van der Waals surface area contributed by atoms with Gasteiger partial charge in [0, 0.05) is 10.4 Å². The van der Waals surface area contributed by atoms with Crippen LogP contribution < -0.4 is 9.47 Å². The second kappa shape index (κ2) is 4.80. The number of pyridine rings is 1. The topological polar surface area (TPSA) is 31.4 Å². The van der Waals surface area contributed by atoms with Crippen LogP contribution in [0.1, 0.15) is 13.8 Å². The third-order valence-electron chi connectivity index (χ3n) is 2.26. The molecule has 1 aromatic heterocycles. The highest BCUT2D eigenvalue weighted by molar-refractivity contribution is 6.31. The molecule has 0 spiro atoms. The lowest BCUT2D eigenvalue weighted by atomic mass is 10.2. The van der Waals surface area contributed by atoms with Gasteiger partial charge in [0.25, 0.3) is 5.88 Å². The molecule has 17 heavy (non-hydrogen) atoms. The van der Waals surface area contributed by atoms with Crippen molar-refractivity contribution in [1.82, 2.24) is 4.98 Å². The molecule has 0 saturated carbocycles. The smallest absolute Gasteiger partial charge is 0.257 e. The number of aromatic nitrogens is 1. The summed E-state index contributed by atoms with van der Waals surface area (Å²) in [7, 11) is 1.58. The fourth-order valence-corrected chi connectivity index (χ4v) is 1.78. The molecule has 4 heteroatoms. The number of nitrogens with zero attached hydrogens (tertiary/aromatic N) is 1. The lowest BCUT2D eigenvalue weighted by Crippen LogP contribution is -2.07. The van der Waals surface area contributed by atoms with Crippen LogP contribution in [0.3, 0.4) is 0 Å². The maximum Gasteiger partial charge on any atom is 0.257 e. The molecule has 90 valence electrons. The summed E-state index contributed by atoms with van der Waals surface area (Å²) in [4.78, 5) is 4.38. The number of methoxy groups -OCH3 is 1. The lowest BCUT2D eigenvalue weighted by molar-refractivity contribution is 0.228. The molecule has 1 aromatic carbocycles. The van der Waals surface area contributed by atoms with Crippen molar-refractivity contribution in [3.05, 3.63) is 29.3 Å². The van der Waals surface area contributed by atoms with Crippen molar-refractivity contribution in [2.45, 2.75) is 20.0 Å². The average molecular weight is 252 g/mol. The van der Waals surface area contributed by atoms with Gasteiger partial charge in [0.1, 0.15) is 0 Å².